The van der Waals surface area contributed by atoms with Crippen LogP contribution in [0.1, 0.15) is 65.7 Å². The van der Waals surface area contributed by atoms with Crippen LogP contribution in [0.15, 0.2) is 59.0 Å². The number of hydrogen-bond donors (Lipinski definition) is 1. The van der Waals surface area contributed by atoms with Crippen molar-refractivity contribution in [3.8, 4) is 0 Å². The summed E-state index contributed by atoms with van der Waals surface area (Å²) in [5, 5.41) is 10.8. The van der Waals surface area contributed by atoms with Gasteiger partial charge in [-0.3, -0.25) is 4.79 Å². The first-order chi connectivity index (χ1) is 16.8. The molecule has 0 amide bonds. The fourth-order valence-corrected chi connectivity index (χ4v) is 7.21. The minimum absolute atomic E-state index is 0.0449. The van der Waals surface area contributed by atoms with Crippen LogP contribution in [0, 0.1) is 0 Å². The van der Waals surface area contributed by atoms with E-state index < -0.39 is 35.0 Å². The van der Waals surface area contributed by atoms with Crippen molar-refractivity contribution in [1.29, 1.82) is 0 Å². The number of rotatable bonds is 6. The highest BCUT2D eigenvalue weighted by Crippen LogP contribution is 2.40. The predicted octanol–water partition coefficient (Wildman–Crippen LogP) is 5.98. The lowest BCUT2D eigenvalue weighted by Crippen LogP contribution is -2.48. The first-order valence-electron chi connectivity index (χ1n) is 12.8. The number of benzene rings is 1. The molecule has 1 aliphatic rings. The highest BCUT2D eigenvalue weighted by molar-refractivity contribution is 7.93. The van der Waals surface area contributed by atoms with Gasteiger partial charge in [0.15, 0.2) is 22.9 Å². The van der Waals surface area contributed by atoms with Crippen molar-refractivity contribution in [3.63, 3.8) is 0 Å². The topological polar surface area (TPSA) is 89.9 Å². The Kier molecular flexibility index (Phi) is 10.7. The van der Waals surface area contributed by atoms with Crippen LogP contribution in [0.2, 0.25) is 18.1 Å². The highest BCUT2D eigenvalue weighted by Gasteiger charge is 2.52. The summed E-state index contributed by atoms with van der Waals surface area (Å²) in [7, 11) is -5.08. The summed E-state index contributed by atoms with van der Waals surface area (Å²) in [4.78, 5) is 13.5. The van der Waals surface area contributed by atoms with Gasteiger partial charge in [0.1, 0.15) is 0 Å². The smallest absolute Gasteiger partial charge is 0.327 e. The third-order valence-corrected chi connectivity index (χ3v) is 14.4. The molecule has 0 saturated heterocycles. The largest absolute Gasteiger partial charge is 0.468 e. The summed E-state index contributed by atoms with van der Waals surface area (Å²) in [5.74, 6) is -0.780. The molecule has 1 aromatic carbocycles. The molecule has 2 unspecified atom stereocenters. The molecular weight excluding hydrogens is 492 g/mol. The van der Waals surface area contributed by atoms with Gasteiger partial charge in [-0.25, -0.2) is 8.42 Å². The zero-order chi connectivity index (χ0) is 27.0. The van der Waals surface area contributed by atoms with Crippen LogP contribution in [0.25, 0.3) is 0 Å². The van der Waals surface area contributed by atoms with E-state index in [1.165, 1.54) is 19.2 Å². The summed E-state index contributed by atoms with van der Waals surface area (Å²) in [5.41, 5.74) is 0.615. The quantitative estimate of drug-likeness (QED) is 0.273. The maximum atomic E-state index is 14.1. The Morgan fingerprint density at radius 3 is 2.31 bits per heavy atom. The highest BCUT2D eigenvalue weighted by atomic mass is 32.2. The van der Waals surface area contributed by atoms with Crippen molar-refractivity contribution in [2.24, 2.45) is 0 Å². The van der Waals surface area contributed by atoms with Crippen molar-refractivity contribution in [2.45, 2.75) is 99.6 Å². The van der Waals surface area contributed by atoms with Crippen molar-refractivity contribution < 1.29 is 27.5 Å². The average molecular weight is 537 g/mol. The summed E-state index contributed by atoms with van der Waals surface area (Å²) < 4.78 is 38.1. The molecule has 2 rings (SSSR count). The number of carbonyl (C=O) groups excluding carboxylic acids is 1. The van der Waals surface area contributed by atoms with Gasteiger partial charge in [0.25, 0.3) is 0 Å². The van der Waals surface area contributed by atoms with Crippen LogP contribution in [0.4, 0.5) is 0 Å². The van der Waals surface area contributed by atoms with Gasteiger partial charge in [0, 0.05) is 6.42 Å². The Morgan fingerprint density at radius 1 is 1.11 bits per heavy atom. The van der Waals surface area contributed by atoms with E-state index in [2.05, 4.69) is 39.9 Å². The van der Waals surface area contributed by atoms with Gasteiger partial charge in [-0.1, -0.05) is 57.2 Å². The van der Waals surface area contributed by atoms with E-state index in [9.17, 15) is 18.3 Å². The molecule has 0 heterocycles. The van der Waals surface area contributed by atoms with E-state index in [4.69, 9.17) is 9.16 Å². The van der Waals surface area contributed by atoms with Gasteiger partial charge in [0.2, 0.25) is 0 Å². The number of esters is 1. The van der Waals surface area contributed by atoms with Crippen LogP contribution >= 0.6 is 0 Å². The van der Waals surface area contributed by atoms with Crippen LogP contribution in [0.3, 0.4) is 0 Å². The van der Waals surface area contributed by atoms with Gasteiger partial charge in [0.05, 0.1) is 24.7 Å². The minimum Gasteiger partial charge on any atom is -0.468 e. The van der Waals surface area contributed by atoms with Gasteiger partial charge in [-0.05, 0) is 74.4 Å². The lowest BCUT2D eigenvalue weighted by Gasteiger charge is -2.37. The number of sulfone groups is 1. The maximum absolute atomic E-state index is 14.1. The monoisotopic (exact) mass is 536 g/mol. The normalized spacial score (nSPS) is 25.4. The lowest BCUT2D eigenvalue weighted by molar-refractivity contribution is -0.144. The van der Waals surface area contributed by atoms with Crippen LogP contribution in [-0.4, -0.2) is 52.4 Å². The number of ether oxygens (including phenoxy) is 1. The predicted molar refractivity (Wildman–Crippen MR) is 147 cm³/mol. The molecule has 0 radical (unpaired) electrons. The van der Waals surface area contributed by atoms with Gasteiger partial charge in [-0.2, -0.15) is 0 Å². The fourth-order valence-electron chi connectivity index (χ4n) is 4.17. The van der Waals surface area contributed by atoms with E-state index in [1.807, 2.05) is 6.08 Å². The molecule has 0 saturated carbocycles. The first kappa shape index (κ1) is 30.5. The third kappa shape index (κ3) is 7.40. The number of aliphatic hydroxyl groups excluding tert-OH is 1. The van der Waals surface area contributed by atoms with E-state index >= 15 is 0 Å². The number of methoxy groups -OCH3 is 1. The second-order valence-electron chi connectivity index (χ2n) is 11.2. The van der Waals surface area contributed by atoms with Crippen molar-refractivity contribution in [2.75, 3.05) is 13.7 Å². The number of aliphatic hydroxyl groups is 1. The Balaban J connectivity index is 2.64. The molecule has 2 atom stereocenters. The molecule has 8 heteroatoms. The second-order valence-corrected chi connectivity index (χ2v) is 18.3. The van der Waals surface area contributed by atoms with E-state index in [-0.39, 0.29) is 29.4 Å². The lowest BCUT2D eigenvalue weighted by atomic mass is 9.92. The Bertz CT molecular complexity index is 1020. The zero-order valence-corrected chi connectivity index (χ0v) is 24.6. The van der Waals surface area contributed by atoms with Crippen LogP contribution in [0.5, 0.6) is 0 Å². The Hall–Kier alpha value is -1.74. The summed E-state index contributed by atoms with van der Waals surface area (Å²) in [6.45, 7) is 10.8. The van der Waals surface area contributed by atoms with E-state index in [1.54, 1.807) is 24.3 Å². The first-order valence-corrected chi connectivity index (χ1v) is 17.2. The van der Waals surface area contributed by atoms with Crippen molar-refractivity contribution in [1.82, 2.24) is 0 Å². The molecule has 1 aliphatic carbocycles. The summed E-state index contributed by atoms with van der Waals surface area (Å²) in [6, 6.07) is 8.09. The third-order valence-electron chi connectivity index (χ3n) is 7.48. The van der Waals surface area contributed by atoms with Gasteiger partial charge < -0.3 is 14.3 Å². The molecule has 0 spiro atoms. The van der Waals surface area contributed by atoms with E-state index in [0.717, 1.165) is 12.8 Å². The molecular formula is C28H44O6SSi. The molecule has 0 aliphatic heterocycles. The average Bonchev–Trinajstić information content (AvgIpc) is 2.83. The molecule has 0 aromatic heterocycles. The standard InChI is InChI=1S/C28H44O6SSi/c1-27(2,3)36(5,6)34-22-23-20-24(29)16-12-9-7-8-10-15-19-28(21-23,26(30)33-4)35(31,32)25-17-13-11-14-18-25/h7-8,11,13-14,17-18,20,24,29H,9-10,12,15-16,19,21-22H2,1-6H3/b8-7-,23-20-. The van der Waals surface area contributed by atoms with Crippen molar-refractivity contribution in [3.05, 3.63) is 54.1 Å². The van der Waals surface area contributed by atoms with Gasteiger partial charge >= 0.3 is 5.97 Å². The number of hydrogen-bond acceptors (Lipinski definition) is 6. The van der Waals surface area contributed by atoms with Crippen molar-refractivity contribution >= 4 is 24.1 Å². The molecule has 0 fully saturated rings. The molecule has 202 valence electrons. The molecule has 1 N–H and O–H groups in total. The minimum atomic E-state index is -4.13. The number of allylic oxidation sites excluding steroid dienone is 2. The fraction of sp³-hybridized carbons (Fsp3) is 0.607. The maximum Gasteiger partial charge on any atom is 0.327 e. The molecule has 6 nitrogen and oxygen atoms in total. The van der Waals surface area contributed by atoms with Crippen LogP contribution < -0.4 is 0 Å². The summed E-state index contributed by atoms with van der Waals surface area (Å²) >= 11 is 0. The second kappa shape index (κ2) is 12.7. The Morgan fingerprint density at radius 2 is 1.72 bits per heavy atom. The van der Waals surface area contributed by atoms with E-state index in [0.29, 0.717) is 24.8 Å². The summed E-state index contributed by atoms with van der Waals surface area (Å²) in [6.07, 6.45) is 8.41. The molecule has 0 bridgehead atoms. The van der Waals surface area contributed by atoms with Crippen LogP contribution in [-0.2, 0) is 23.8 Å². The molecule has 36 heavy (non-hydrogen) atoms. The van der Waals surface area contributed by atoms with Gasteiger partial charge in [-0.15, -0.1) is 0 Å². The molecule has 1 aromatic rings. The zero-order valence-electron chi connectivity index (χ0n) is 22.7. The Labute approximate surface area is 218 Å². The SMILES string of the molecule is COC(=O)C1(S(=O)(=O)c2ccccc2)CCC/C=C\CCCC(O)/C=C(\CO[Si](C)(C)C(C)(C)C)C1. The number of carbonyl (C=O) groups is 1.